The predicted octanol–water partition coefficient (Wildman–Crippen LogP) is 3.45. The van der Waals surface area contributed by atoms with Crippen molar-refractivity contribution in [2.75, 3.05) is 32.2 Å². The normalized spacial score (nSPS) is 17.6. The largest absolute Gasteiger partial charge is 0.495 e. The second-order valence-electron chi connectivity index (χ2n) is 5.83. The van der Waals surface area contributed by atoms with Crippen LogP contribution < -0.4 is 10.1 Å². The molecule has 1 aliphatic rings. The molecule has 0 amide bonds. The second-order valence-corrected chi connectivity index (χ2v) is 7.02. The Balaban J connectivity index is 2.13. The quantitative estimate of drug-likeness (QED) is 0.814. The Morgan fingerprint density at radius 1 is 1.41 bits per heavy atom. The minimum absolute atomic E-state index is 0.124. The zero-order valence-corrected chi connectivity index (χ0v) is 14.3. The number of nitrogens with zero attached hydrogens (tertiary/aromatic N) is 1. The van der Waals surface area contributed by atoms with Crippen molar-refractivity contribution in [1.29, 1.82) is 0 Å². The summed E-state index contributed by atoms with van der Waals surface area (Å²) < 4.78 is 27.5. The van der Waals surface area contributed by atoms with Crippen LogP contribution in [0.4, 0.5) is 5.69 Å². The van der Waals surface area contributed by atoms with Gasteiger partial charge in [0, 0.05) is 25.8 Å². The van der Waals surface area contributed by atoms with Crippen molar-refractivity contribution in [1.82, 2.24) is 0 Å². The van der Waals surface area contributed by atoms with Gasteiger partial charge in [0.1, 0.15) is 5.75 Å². The van der Waals surface area contributed by atoms with Crippen molar-refractivity contribution in [2.45, 2.75) is 37.6 Å². The number of rotatable bonds is 6. The average molecular weight is 325 g/mol. The van der Waals surface area contributed by atoms with E-state index in [4.69, 9.17) is 9.47 Å². The van der Waals surface area contributed by atoms with Crippen LogP contribution in [0.15, 0.2) is 27.5 Å². The lowest BCUT2D eigenvalue weighted by atomic mass is 10.1. The third kappa shape index (κ3) is 4.88. The number of nitrogens with one attached hydrogen (secondary N) is 1. The van der Waals surface area contributed by atoms with Crippen LogP contribution in [0.3, 0.4) is 0 Å². The summed E-state index contributed by atoms with van der Waals surface area (Å²) >= 11 is 0. The molecule has 0 unspecified atom stereocenters. The van der Waals surface area contributed by atoms with Gasteiger partial charge in [0.15, 0.2) is 0 Å². The van der Waals surface area contributed by atoms with Crippen LogP contribution in [-0.4, -0.2) is 32.9 Å². The molecule has 0 spiro atoms. The summed E-state index contributed by atoms with van der Waals surface area (Å²) in [4.78, 5) is 0.679. The Bertz CT molecular complexity index is 563. The lowest BCUT2D eigenvalue weighted by Gasteiger charge is -2.22. The highest BCUT2D eigenvalue weighted by Crippen LogP contribution is 2.27. The van der Waals surface area contributed by atoms with Gasteiger partial charge in [-0.1, -0.05) is 24.8 Å². The van der Waals surface area contributed by atoms with E-state index in [2.05, 4.69) is 23.5 Å². The highest BCUT2D eigenvalue weighted by molar-refractivity contribution is 7.74. The molecule has 22 heavy (non-hydrogen) atoms. The van der Waals surface area contributed by atoms with Crippen molar-refractivity contribution in [2.24, 2.45) is 10.3 Å². The Labute approximate surface area is 134 Å². The fraction of sp³-hybridized carbons (Fsp3) is 0.625. The maximum atomic E-state index is 12.4. The molecule has 1 aromatic rings. The minimum atomic E-state index is -1.35. The van der Waals surface area contributed by atoms with Gasteiger partial charge in [0.05, 0.1) is 12.8 Å². The van der Waals surface area contributed by atoms with Crippen LogP contribution in [0.5, 0.6) is 5.75 Å². The maximum Gasteiger partial charge on any atom is 0.140 e. The van der Waals surface area contributed by atoms with E-state index in [0.29, 0.717) is 29.8 Å². The standard InChI is InChI=1S/C16H25N2O3S/c1-12(2)11-17-15-5-4-14(10-16(15)20-3)22(19)18-13-6-8-21-9-7-13/h4-5,10,12-13,17H,6-9,11H2,1-3H3/q-1. The average Bonchev–Trinajstić information content (AvgIpc) is 2.53. The van der Waals surface area contributed by atoms with E-state index in [1.807, 2.05) is 18.2 Å². The number of methoxy groups -OCH3 is 1. The third-order valence-corrected chi connectivity index (χ3v) is 4.66. The topological polar surface area (TPSA) is 59.9 Å². The first kappa shape index (κ1) is 17.1. The summed E-state index contributed by atoms with van der Waals surface area (Å²) in [6, 6.07) is 5.69. The SMILES string of the molecule is COc1cc([S-](=O)=NC2CCOCC2)ccc1NCC(C)C. The first-order chi connectivity index (χ1) is 10.6. The van der Waals surface area contributed by atoms with Crippen LogP contribution in [0.2, 0.25) is 0 Å². The molecule has 0 atom stereocenters. The van der Waals surface area contributed by atoms with Crippen molar-refractivity contribution >= 4 is 16.3 Å². The molecule has 1 aliphatic heterocycles. The molecule has 0 radical (unpaired) electrons. The van der Waals surface area contributed by atoms with Crippen molar-refractivity contribution in [3.8, 4) is 5.75 Å². The van der Waals surface area contributed by atoms with Gasteiger partial charge < -0.3 is 23.4 Å². The Hall–Kier alpha value is -1.27. The summed E-state index contributed by atoms with van der Waals surface area (Å²) in [5.41, 5.74) is 0.919. The molecule has 1 aromatic carbocycles. The van der Waals surface area contributed by atoms with Crippen LogP contribution in [0.1, 0.15) is 26.7 Å². The number of anilines is 1. The third-order valence-electron chi connectivity index (χ3n) is 3.51. The van der Waals surface area contributed by atoms with Crippen molar-refractivity contribution in [3.05, 3.63) is 18.2 Å². The van der Waals surface area contributed by atoms with E-state index >= 15 is 0 Å². The zero-order valence-electron chi connectivity index (χ0n) is 13.5. The van der Waals surface area contributed by atoms with Gasteiger partial charge in [-0.3, -0.25) is 0 Å². The van der Waals surface area contributed by atoms with Gasteiger partial charge >= 0.3 is 0 Å². The van der Waals surface area contributed by atoms with Gasteiger partial charge in [-0.25, -0.2) is 0 Å². The second kappa shape index (κ2) is 8.39. The number of ether oxygens (including phenoxy) is 2. The van der Waals surface area contributed by atoms with Crippen molar-refractivity contribution < 1.29 is 13.7 Å². The smallest absolute Gasteiger partial charge is 0.140 e. The van der Waals surface area contributed by atoms with Gasteiger partial charge in [-0.05, 0) is 30.9 Å². The van der Waals surface area contributed by atoms with Crippen LogP contribution in [0.25, 0.3) is 0 Å². The molecular formula is C16H25N2O3S-. The summed E-state index contributed by atoms with van der Waals surface area (Å²) in [5, 5.41) is 3.34. The van der Waals surface area contributed by atoms with E-state index < -0.39 is 10.6 Å². The van der Waals surface area contributed by atoms with E-state index in [0.717, 1.165) is 25.1 Å². The Morgan fingerprint density at radius 2 is 2.14 bits per heavy atom. The van der Waals surface area contributed by atoms with E-state index in [-0.39, 0.29) is 6.04 Å². The first-order valence-corrected chi connectivity index (χ1v) is 8.83. The number of hydrogen-bond acceptors (Lipinski definition) is 6. The summed E-state index contributed by atoms with van der Waals surface area (Å²) in [7, 11) is 0.271. The van der Waals surface area contributed by atoms with Crippen LogP contribution >= 0.6 is 0 Å². The first-order valence-electron chi connectivity index (χ1n) is 7.72. The fourth-order valence-electron chi connectivity index (χ4n) is 2.23. The Kier molecular flexibility index (Phi) is 6.51. The van der Waals surface area contributed by atoms with Gasteiger partial charge in [0.2, 0.25) is 0 Å². The fourth-order valence-corrected chi connectivity index (χ4v) is 3.22. The van der Waals surface area contributed by atoms with E-state index in [1.54, 1.807) is 7.11 Å². The molecule has 1 fully saturated rings. The zero-order chi connectivity index (χ0) is 15.9. The monoisotopic (exact) mass is 325 g/mol. The highest BCUT2D eigenvalue weighted by atomic mass is 32.2. The molecule has 6 heteroatoms. The highest BCUT2D eigenvalue weighted by Gasteiger charge is 2.09. The molecule has 0 saturated carbocycles. The molecule has 124 valence electrons. The lowest BCUT2D eigenvalue weighted by molar-refractivity contribution is 0.0875. The molecule has 1 N–H and O–H groups in total. The number of benzene rings is 1. The summed E-state index contributed by atoms with van der Waals surface area (Å²) in [6.45, 7) is 6.57. The molecule has 0 aliphatic carbocycles. The van der Waals surface area contributed by atoms with Crippen LogP contribution in [0, 0.1) is 5.92 Å². The molecule has 2 rings (SSSR count). The minimum Gasteiger partial charge on any atom is -0.495 e. The summed E-state index contributed by atoms with van der Waals surface area (Å²) in [5.74, 6) is 1.25. The van der Waals surface area contributed by atoms with E-state index in [9.17, 15) is 4.21 Å². The van der Waals surface area contributed by atoms with Crippen molar-refractivity contribution in [3.63, 3.8) is 0 Å². The van der Waals surface area contributed by atoms with Gasteiger partial charge in [0.25, 0.3) is 0 Å². The summed E-state index contributed by atoms with van der Waals surface area (Å²) in [6.07, 6.45) is 1.69. The molecular weight excluding hydrogens is 300 g/mol. The van der Waals surface area contributed by atoms with Gasteiger partial charge in [-0.15, -0.1) is 0 Å². The lowest BCUT2D eigenvalue weighted by Crippen LogP contribution is -2.18. The Morgan fingerprint density at radius 3 is 2.77 bits per heavy atom. The maximum absolute atomic E-state index is 12.4. The number of hydrogen-bond donors (Lipinski definition) is 1. The molecule has 5 nitrogen and oxygen atoms in total. The van der Waals surface area contributed by atoms with E-state index in [1.165, 1.54) is 0 Å². The predicted molar refractivity (Wildman–Crippen MR) is 88.9 cm³/mol. The molecule has 1 heterocycles. The molecule has 0 bridgehead atoms. The molecule has 1 saturated heterocycles. The van der Waals surface area contributed by atoms with Crippen LogP contribution in [-0.2, 0) is 19.5 Å². The van der Waals surface area contributed by atoms with Gasteiger partial charge in [-0.2, -0.15) is 10.6 Å². The molecule has 0 aromatic heterocycles.